The van der Waals surface area contributed by atoms with Crippen LogP contribution in [0.25, 0.3) is 0 Å². The molecule has 0 fully saturated rings. The maximum Gasteiger partial charge on any atom is 0.132 e. The van der Waals surface area contributed by atoms with E-state index in [2.05, 4.69) is 0 Å². The predicted octanol–water partition coefficient (Wildman–Crippen LogP) is 3.70. The first-order chi connectivity index (χ1) is 9.47. The van der Waals surface area contributed by atoms with Crippen molar-refractivity contribution in [1.82, 2.24) is 0 Å². The molecule has 106 valence electrons. The van der Waals surface area contributed by atoms with Gasteiger partial charge in [0.05, 0.1) is 0 Å². The Bertz CT molecular complexity index is 614. The smallest absolute Gasteiger partial charge is 0.132 e. The zero-order chi connectivity index (χ0) is 14.7. The molecular formula is C15H14F3NO. The lowest BCUT2D eigenvalue weighted by Crippen LogP contribution is -2.07. The normalized spacial score (nSPS) is 12.2. The van der Waals surface area contributed by atoms with Crippen LogP contribution in [0.5, 0.6) is 5.75 Å². The van der Waals surface area contributed by atoms with E-state index in [4.69, 9.17) is 10.5 Å². The van der Waals surface area contributed by atoms with Gasteiger partial charge in [-0.05, 0) is 25.1 Å². The van der Waals surface area contributed by atoms with Crippen LogP contribution in [0.3, 0.4) is 0 Å². The second-order valence-electron chi connectivity index (χ2n) is 4.50. The lowest BCUT2D eigenvalue weighted by molar-refractivity contribution is 0.297. The molecule has 0 aliphatic carbocycles. The quantitative estimate of drug-likeness (QED) is 0.927. The van der Waals surface area contributed by atoms with Gasteiger partial charge in [0.2, 0.25) is 0 Å². The van der Waals surface area contributed by atoms with Crippen LogP contribution in [0.15, 0.2) is 36.4 Å². The molecule has 0 aromatic heterocycles. The largest absolute Gasteiger partial charge is 0.489 e. The van der Waals surface area contributed by atoms with Crippen molar-refractivity contribution in [3.63, 3.8) is 0 Å². The van der Waals surface area contributed by atoms with Gasteiger partial charge in [0.1, 0.15) is 29.8 Å². The van der Waals surface area contributed by atoms with Crippen molar-refractivity contribution >= 4 is 0 Å². The molecule has 2 aromatic rings. The molecule has 0 heterocycles. The summed E-state index contributed by atoms with van der Waals surface area (Å²) in [5.41, 5.74) is 6.17. The van der Waals surface area contributed by atoms with Gasteiger partial charge in [-0.1, -0.05) is 6.07 Å². The van der Waals surface area contributed by atoms with Crippen molar-refractivity contribution in [1.29, 1.82) is 0 Å². The second-order valence-corrected chi connectivity index (χ2v) is 4.50. The predicted molar refractivity (Wildman–Crippen MR) is 69.7 cm³/mol. The number of ether oxygens (including phenoxy) is 1. The van der Waals surface area contributed by atoms with Gasteiger partial charge in [0, 0.05) is 29.3 Å². The minimum absolute atomic E-state index is 0.108. The van der Waals surface area contributed by atoms with Crippen molar-refractivity contribution in [2.24, 2.45) is 5.73 Å². The highest BCUT2D eigenvalue weighted by Gasteiger charge is 2.09. The molecule has 2 aromatic carbocycles. The van der Waals surface area contributed by atoms with E-state index >= 15 is 0 Å². The fourth-order valence-corrected chi connectivity index (χ4v) is 1.77. The number of halogens is 3. The van der Waals surface area contributed by atoms with Gasteiger partial charge >= 0.3 is 0 Å². The van der Waals surface area contributed by atoms with E-state index in [1.54, 1.807) is 13.0 Å². The number of hydrogen-bond donors (Lipinski definition) is 1. The first-order valence-corrected chi connectivity index (χ1v) is 6.09. The van der Waals surface area contributed by atoms with E-state index in [1.165, 1.54) is 18.2 Å². The topological polar surface area (TPSA) is 35.2 Å². The SMILES string of the molecule is C[C@H](N)c1ccc(OCc2ccc(F)cc2F)cc1F. The zero-order valence-corrected chi connectivity index (χ0v) is 10.9. The van der Waals surface area contributed by atoms with Crippen LogP contribution in [0.1, 0.15) is 24.1 Å². The molecule has 20 heavy (non-hydrogen) atoms. The molecule has 2 N–H and O–H groups in total. The maximum atomic E-state index is 13.7. The summed E-state index contributed by atoms with van der Waals surface area (Å²) in [4.78, 5) is 0. The Morgan fingerprint density at radius 1 is 1.05 bits per heavy atom. The van der Waals surface area contributed by atoms with Crippen molar-refractivity contribution in [2.45, 2.75) is 19.6 Å². The van der Waals surface area contributed by atoms with Gasteiger partial charge in [-0.15, -0.1) is 0 Å². The third-order valence-corrected chi connectivity index (χ3v) is 2.87. The van der Waals surface area contributed by atoms with Crippen molar-refractivity contribution in [3.05, 3.63) is 65.0 Å². The van der Waals surface area contributed by atoms with E-state index in [1.807, 2.05) is 0 Å². The number of hydrogen-bond acceptors (Lipinski definition) is 2. The zero-order valence-electron chi connectivity index (χ0n) is 10.9. The standard InChI is InChI=1S/C15H14F3NO/c1-9(19)13-5-4-12(7-15(13)18)20-8-10-2-3-11(16)6-14(10)17/h2-7,9H,8,19H2,1H3/t9-/m0/s1. The summed E-state index contributed by atoms with van der Waals surface area (Å²) in [6, 6.07) is 7.07. The summed E-state index contributed by atoms with van der Waals surface area (Å²) in [5.74, 6) is -1.57. The van der Waals surface area contributed by atoms with Gasteiger partial charge in [0.25, 0.3) is 0 Å². The molecule has 0 spiro atoms. The summed E-state index contributed by atoms with van der Waals surface area (Å²) >= 11 is 0. The van der Waals surface area contributed by atoms with Crippen LogP contribution in [-0.2, 0) is 6.61 Å². The summed E-state index contributed by atoms with van der Waals surface area (Å²) in [7, 11) is 0. The fraction of sp³-hybridized carbons (Fsp3) is 0.200. The minimum atomic E-state index is -0.697. The van der Waals surface area contributed by atoms with Gasteiger partial charge < -0.3 is 10.5 Å². The summed E-state index contributed by atoms with van der Waals surface area (Å²) in [6.45, 7) is 1.57. The van der Waals surface area contributed by atoms with Gasteiger partial charge in [-0.25, -0.2) is 13.2 Å². The molecular weight excluding hydrogens is 267 g/mol. The van der Waals surface area contributed by atoms with Crippen molar-refractivity contribution < 1.29 is 17.9 Å². The Labute approximate surface area is 115 Å². The third kappa shape index (κ3) is 3.30. The minimum Gasteiger partial charge on any atom is -0.489 e. The molecule has 2 nitrogen and oxygen atoms in total. The first-order valence-electron chi connectivity index (χ1n) is 6.09. The third-order valence-electron chi connectivity index (χ3n) is 2.87. The summed E-state index contributed by atoms with van der Waals surface area (Å²) in [5, 5.41) is 0. The molecule has 1 atom stereocenters. The lowest BCUT2D eigenvalue weighted by atomic mass is 10.1. The number of benzene rings is 2. The fourth-order valence-electron chi connectivity index (χ4n) is 1.77. The van der Waals surface area contributed by atoms with E-state index in [0.717, 1.165) is 12.1 Å². The maximum absolute atomic E-state index is 13.7. The summed E-state index contributed by atoms with van der Waals surface area (Å²) < 4.78 is 45.1. The number of nitrogens with two attached hydrogens (primary N) is 1. The Balaban J connectivity index is 2.09. The Kier molecular flexibility index (Phi) is 4.29. The first kappa shape index (κ1) is 14.4. The molecule has 0 saturated heterocycles. The summed E-state index contributed by atoms with van der Waals surface area (Å²) in [6.07, 6.45) is 0. The Morgan fingerprint density at radius 2 is 1.80 bits per heavy atom. The van der Waals surface area contributed by atoms with Crippen LogP contribution < -0.4 is 10.5 Å². The monoisotopic (exact) mass is 281 g/mol. The highest BCUT2D eigenvalue weighted by molar-refractivity contribution is 5.31. The molecule has 0 aliphatic heterocycles. The van der Waals surface area contributed by atoms with Crippen LogP contribution in [0, 0.1) is 17.5 Å². The molecule has 2 rings (SSSR count). The molecule has 0 bridgehead atoms. The van der Waals surface area contributed by atoms with Crippen molar-refractivity contribution in [3.8, 4) is 5.75 Å². The lowest BCUT2D eigenvalue weighted by Gasteiger charge is -2.11. The van der Waals surface area contributed by atoms with Gasteiger partial charge in [-0.2, -0.15) is 0 Å². The number of rotatable bonds is 4. The average molecular weight is 281 g/mol. The van der Waals surface area contributed by atoms with Gasteiger partial charge in [0.15, 0.2) is 0 Å². The van der Waals surface area contributed by atoms with Crippen molar-refractivity contribution in [2.75, 3.05) is 0 Å². The average Bonchev–Trinajstić information content (AvgIpc) is 2.37. The van der Waals surface area contributed by atoms with Crippen LogP contribution >= 0.6 is 0 Å². The molecule has 5 heteroatoms. The molecule has 0 amide bonds. The highest BCUT2D eigenvalue weighted by Crippen LogP contribution is 2.22. The molecule has 0 aliphatic rings. The van der Waals surface area contributed by atoms with E-state index < -0.39 is 23.5 Å². The van der Waals surface area contributed by atoms with Gasteiger partial charge in [-0.3, -0.25) is 0 Å². The Morgan fingerprint density at radius 3 is 2.40 bits per heavy atom. The van der Waals surface area contributed by atoms with Crippen LogP contribution in [0.4, 0.5) is 13.2 Å². The molecule has 0 saturated carbocycles. The van der Waals surface area contributed by atoms with E-state index in [-0.39, 0.29) is 17.9 Å². The Hall–Kier alpha value is -2.01. The van der Waals surface area contributed by atoms with Crippen LogP contribution in [0.2, 0.25) is 0 Å². The molecule has 0 radical (unpaired) electrons. The molecule has 0 unspecified atom stereocenters. The highest BCUT2D eigenvalue weighted by atomic mass is 19.1. The van der Waals surface area contributed by atoms with Crippen LogP contribution in [-0.4, -0.2) is 0 Å². The van der Waals surface area contributed by atoms with E-state index in [9.17, 15) is 13.2 Å². The second kappa shape index (κ2) is 5.96. The van der Waals surface area contributed by atoms with E-state index in [0.29, 0.717) is 5.56 Å².